The molecule has 0 unspecified atom stereocenters. The van der Waals surface area contributed by atoms with E-state index in [-0.39, 0.29) is 12.4 Å². The first-order valence-electron chi connectivity index (χ1n) is 5.25. The molecule has 16 heavy (non-hydrogen) atoms. The second-order valence-corrected chi connectivity index (χ2v) is 5.54. The SMILES string of the molecule is CC(C)(C)OOCOC[Si]c1ccccc1. The Morgan fingerprint density at radius 1 is 1.12 bits per heavy atom. The molecule has 0 spiro atoms. The van der Waals surface area contributed by atoms with Crippen LogP contribution in [0.15, 0.2) is 30.3 Å². The summed E-state index contributed by atoms with van der Waals surface area (Å²) in [6.07, 6.45) is 0.664. The summed E-state index contributed by atoms with van der Waals surface area (Å²) in [7, 11) is 0.645. The van der Waals surface area contributed by atoms with Gasteiger partial charge in [-0.2, -0.15) is 0 Å². The van der Waals surface area contributed by atoms with Crippen molar-refractivity contribution < 1.29 is 14.5 Å². The molecule has 0 atom stereocenters. The van der Waals surface area contributed by atoms with Crippen molar-refractivity contribution in [2.75, 3.05) is 13.0 Å². The Morgan fingerprint density at radius 2 is 1.81 bits per heavy atom. The van der Waals surface area contributed by atoms with E-state index in [1.54, 1.807) is 0 Å². The molecular weight excluding hydrogens is 220 g/mol. The molecule has 4 heteroatoms. The summed E-state index contributed by atoms with van der Waals surface area (Å²) in [5.41, 5.74) is -0.287. The maximum absolute atomic E-state index is 5.30. The number of benzene rings is 1. The minimum Gasteiger partial charge on any atom is -0.356 e. The maximum Gasteiger partial charge on any atom is 0.180 e. The molecule has 1 rings (SSSR count). The van der Waals surface area contributed by atoms with Gasteiger partial charge >= 0.3 is 0 Å². The van der Waals surface area contributed by atoms with E-state index in [2.05, 4.69) is 12.1 Å². The van der Waals surface area contributed by atoms with Crippen molar-refractivity contribution in [3.05, 3.63) is 30.3 Å². The lowest BCUT2D eigenvalue weighted by atomic mass is 10.2. The third kappa shape index (κ3) is 6.74. The molecule has 2 radical (unpaired) electrons. The summed E-state index contributed by atoms with van der Waals surface area (Å²) >= 11 is 0. The molecule has 88 valence electrons. The quantitative estimate of drug-likeness (QED) is 0.248. The van der Waals surface area contributed by atoms with Gasteiger partial charge in [0.05, 0.1) is 5.60 Å². The normalized spacial score (nSPS) is 11.7. The number of rotatable bonds is 6. The van der Waals surface area contributed by atoms with E-state index in [4.69, 9.17) is 14.5 Å². The molecule has 1 aromatic carbocycles. The van der Waals surface area contributed by atoms with E-state index in [1.807, 2.05) is 39.0 Å². The van der Waals surface area contributed by atoms with Crippen LogP contribution in [0, 0.1) is 0 Å². The number of hydrogen-bond donors (Lipinski definition) is 0. The summed E-state index contributed by atoms with van der Waals surface area (Å²) in [6.45, 7) is 5.97. The Kier molecular flexibility index (Phi) is 5.69. The maximum atomic E-state index is 5.30. The largest absolute Gasteiger partial charge is 0.356 e. The molecule has 0 N–H and O–H groups in total. The molecule has 0 saturated heterocycles. The summed E-state index contributed by atoms with van der Waals surface area (Å²) < 4.78 is 5.30. The van der Waals surface area contributed by atoms with E-state index in [9.17, 15) is 0 Å². The second-order valence-electron chi connectivity index (χ2n) is 4.32. The Labute approximate surface area is 99.5 Å². The molecule has 0 aliphatic carbocycles. The van der Waals surface area contributed by atoms with Gasteiger partial charge in [-0.15, -0.1) is 0 Å². The Morgan fingerprint density at radius 3 is 2.44 bits per heavy atom. The highest BCUT2D eigenvalue weighted by Gasteiger charge is 2.10. The lowest BCUT2D eigenvalue weighted by molar-refractivity contribution is -0.379. The lowest BCUT2D eigenvalue weighted by Crippen LogP contribution is -2.23. The van der Waals surface area contributed by atoms with Gasteiger partial charge in [-0.3, -0.25) is 0 Å². The van der Waals surface area contributed by atoms with E-state index in [1.165, 1.54) is 5.19 Å². The van der Waals surface area contributed by atoms with Gasteiger partial charge in [-0.05, 0) is 20.8 Å². The zero-order chi connectivity index (χ0) is 11.9. The first-order valence-corrected chi connectivity index (χ1v) is 6.46. The molecule has 0 fully saturated rings. The summed E-state index contributed by atoms with van der Waals surface area (Å²) in [4.78, 5) is 9.98. The highest BCUT2D eigenvalue weighted by molar-refractivity contribution is 6.53. The molecule has 0 amide bonds. The van der Waals surface area contributed by atoms with Crippen molar-refractivity contribution in [3.8, 4) is 0 Å². The molecular formula is C12H18O3Si. The topological polar surface area (TPSA) is 27.7 Å². The van der Waals surface area contributed by atoms with Crippen LogP contribution in [-0.2, 0) is 14.5 Å². The van der Waals surface area contributed by atoms with E-state index >= 15 is 0 Å². The fourth-order valence-corrected chi connectivity index (χ4v) is 1.75. The van der Waals surface area contributed by atoms with Crippen molar-refractivity contribution in [3.63, 3.8) is 0 Å². The molecule has 0 aliphatic rings. The lowest BCUT2D eigenvalue weighted by Gasteiger charge is -2.17. The molecule has 1 aromatic rings. The third-order valence-electron chi connectivity index (χ3n) is 1.59. The predicted molar refractivity (Wildman–Crippen MR) is 64.6 cm³/mol. The summed E-state index contributed by atoms with van der Waals surface area (Å²) in [5.74, 6) is 0. The van der Waals surface area contributed by atoms with Gasteiger partial charge in [-0.1, -0.05) is 35.5 Å². The first-order chi connectivity index (χ1) is 7.58. The fraction of sp³-hybridized carbons (Fsp3) is 0.500. The number of ether oxygens (including phenoxy) is 1. The first kappa shape index (κ1) is 13.4. The van der Waals surface area contributed by atoms with Crippen molar-refractivity contribution in [1.82, 2.24) is 0 Å². The summed E-state index contributed by atoms with van der Waals surface area (Å²) in [5, 5.41) is 1.29. The zero-order valence-electron chi connectivity index (χ0n) is 10.0. The van der Waals surface area contributed by atoms with Crippen LogP contribution in [0.4, 0.5) is 0 Å². The number of hydrogen-bond acceptors (Lipinski definition) is 3. The van der Waals surface area contributed by atoms with Gasteiger partial charge in [0.1, 0.15) is 9.52 Å². The highest BCUT2D eigenvalue weighted by atomic mass is 28.2. The molecule has 0 aromatic heterocycles. The average molecular weight is 238 g/mol. The van der Waals surface area contributed by atoms with E-state index in [0.29, 0.717) is 15.7 Å². The van der Waals surface area contributed by atoms with E-state index in [0.717, 1.165) is 0 Å². The molecule has 0 heterocycles. The van der Waals surface area contributed by atoms with Gasteiger partial charge in [0, 0.05) is 6.23 Å². The van der Waals surface area contributed by atoms with Crippen LogP contribution in [0.25, 0.3) is 0 Å². The molecule has 3 nitrogen and oxygen atoms in total. The smallest absolute Gasteiger partial charge is 0.180 e. The van der Waals surface area contributed by atoms with Gasteiger partial charge in [0.2, 0.25) is 0 Å². The van der Waals surface area contributed by atoms with Crippen molar-refractivity contribution in [2.24, 2.45) is 0 Å². The standard InChI is InChI=1S/C12H18O3Si/c1-12(2,3)15-14-9-13-10-16-11-7-5-4-6-8-11/h4-8H,9-10H2,1-3H3. The molecule has 0 aliphatic heterocycles. The molecule has 0 bridgehead atoms. The third-order valence-corrected chi connectivity index (χ3v) is 2.68. The van der Waals surface area contributed by atoms with Crippen molar-refractivity contribution in [2.45, 2.75) is 26.4 Å². The van der Waals surface area contributed by atoms with Crippen LogP contribution in [0.1, 0.15) is 20.8 Å². The van der Waals surface area contributed by atoms with Crippen LogP contribution < -0.4 is 5.19 Å². The van der Waals surface area contributed by atoms with Crippen LogP contribution in [0.5, 0.6) is 0 Å². The monoisotopic (exact) mass is 238 g/mol. The Hall–Kier alpha value is -0.683. The fourth-order valence-electron chi connectivity index (χ4n) is 0.967. The van der Waals surface area contributed by atoms with Crippen molar-refractivity contribution in [1.29, 1.82) is 0 Å². The highest BCUT2D eigenvalue weighted by Crippen LogP contribution is 2.06. The molecule has 0 saturated carbocycles. The minimum absolute atomic E-state index is 0.178. The Bertz CT molecular complexity index is 282. The average Bonchev–Trinajstić information content (AvgIpc) is 2.23. The Balaban J connectivity index is 2.01. The van der Waals surface area contributed by atoms with Gasteiger partial charge in [-0.25, -0.2) is 9.78 Å². The van der Waals surface area contributed by atoms with Gasteiger partial charge in [0.15, 0.2) is 6.79 Å². The summed E-state index contributed by atoms with van der Waals surface area (Å²) in [6, 6.07) is 10.3. The van der Waals surface area contributed by atoms with Crippen LogP contribution in [0.2, 0.25) is 0 Å². The minimum atomic E-state index is -0.287. The van der Waals surface area contributed by atoms with Crippen molar-refractivity contribution >= 4 is 14.7 Å². The predicted octanol–water partition coefficient (Wildman–Crippen LogP) is 1.69. The second kappa shape index (κ2) is 6.80. The van der Waals surface area contributed by atoms with E-state index < -0.39 is 0 Å². The van der Waals surface area contributed by atoms with Gasteiger partial charge in [0.25, 0.3) is 0 Å². The van der Waals surface area contributed by atoms with Gasteiger partial charge < -0.3 is 4.74 Å². The van der Waals surface area contributed by atoms with Crippen LogP contribution in [-0.4, -0.2) is 28.1 Å². The zero-order valence-corrected chi connectivity index (χ0v) is 11.0. The van der Waals surface area contributed by atoms with Crippen LogP contribution in [0.3, 0.4) is 0 Å². The van der Waals surface area contributed by atoms with Crippen LogP contribution >= 0.6 is 0 Å².